The Bertz CT molecular complexity index is 216. The summed E-state index contributed by atoms with van der Waals surface area (Å²) in [5.41, 5.74) is 0. The van der Waals surface area contributed by atoms with Gasteiger partial charge in [0.1, 0.15) is 5.75 Å². The molecule has 0 bridgehead atoms. The van der Waals surface area contributed by atoms with Gasteiger partial charge in [-0.1, -0.05) is 32.0 Å². The SMILES string of the molecule is CC(C)CCCOc1ccccc1. The van der Waals surface area contributed by atoms with Crippen molar-refractivity contribution in [2.24, 2.45) is 5.92 Å². The molecule has 1 aromatic rings. The Morgan fingerprint density at radius 1 is 1.15 bits per heavy atom. The highest BCUT2D eigenvalue weighted by Crippen LogP contribution is 2.10. The third kappa shape index (κ3) is 4.56. The van der Waals surface area contributed by atoms with E-state index in [4.69, 9.17) is 4.74 Å². The second-order valence-corrected chi connectivity index (χ2v) is 3.70. The van der Waals surface area contributed by atoms with Crippen molar-refractivity contribution in [3.8, 4) is 5.75 Å². The summed E-state index contributed by atoms with van der Waals surface area (Å²) in [7, 11) is 0. The van der Waals surface area contributed by atoms with E-state index in [0.29, 0.717) is 0 Å². The number of benzene rings is 1. The Balaban J connectivity index is 2.13. The first-order valence-electron chi connectivity index (χ1n) is 4.97. The van der Waals surface area contributed by atoms with E-state index in [1.54, 1.807) is 0 Å². The number of hydrogen-bond donors (Lipinski definition) is 0. The molecule has 1 nitrogen and oxygen atoms in total. The molecule has 0 aliphatic rings. The van der Waals surface area contributed by atoms with Crippen molar-refractivity contribution in [1.29, 1.82) is 0 Å². The molecular formula is C12H18O. The summed E-state index contributed by atoms with van der Waals surface area (Å²) >= 11 is 0. The minimum Gasteiger partial charge on any atom is -0.494 e. The van der Waals surface area contributed by atoms with Gasteiger partial charge in [-0.15, -0.1) is 0 Å². The van der Waals surface area contributed by atoms with Gasteiger partial charge in [0.25, 0.3) is 0 Å². The average Bonchev–Trinajstić information content (AvgIpc) is 2.14. The molecule has 0 heterocycles. The molecule has 1 rings (SSSR count). The minimum absolute atomic E-state index is 0.777. The first-order chi connectivity index (χ1) is 6.29. The van der Waals surface area contributed by atoms with Gasteiger partial charge in [-0.25, -0.2) is 0 Å². The van der Waals surface area contributed by atoms with Crippen LogP contribution in [0.2, 0.25) is 0 Å². The largest absolute Gasteiger partial charge is 0.494 e. The monoisotopic (exact) mass is 178 g/mol. The standard InChI is InChI=1S/C12H18O/c1-11(2)7-6-10-13-12-8-4-3-5-9-12/h3-5,8-9,11H,6-7,10H2,1-2H3. The fraction of sp³-hybridized carbons (Fsp3) is 0.500. The number of hydrogen-bond acceptors (Lipinski definition) is 1. The van der Waals surface area contributed by atoms with E-state index in [0.717, 1.165) is 24.7 Å². The van der Waals surface area contributed by atoms with Crippen LogP contribution in [-0.2, 0) is 0 Å². The maximum Gasteiger partial charge on any atom is 0.119 e. The van der Waals surface area contributed by atoms with Gasteiger partial charge in [-0.2, -0.15) is 0 Å². The van der Waals surface area contributed by atoms with Crippen LogP contribution < -0.4 is 4.74 Å². The molecule has 0 spiro atoms. The molecule has 0 aliphatic carbocycles. The van der Waals surface area contributed by atoms with Crippen molar-refractivity contribution in [3.05, 3.63) is 30.3 Å². The summed E-state index contributed by atoms with van der Waals surface area (Å²) in [6, 6.07) is 9.99. The van der Waals surface area contributed by atoms with E-state index in [-0.39, 0.29) is 0 Å². The maximum atomic E-state index is 5.56. The molecule has 72 valence electrons. The van der Waals surface area contributed by atoms with Crippen molar-refractivity contribution < 1.29 is 4.74 Å². The fourth-order valence-electron chi connectivity index (χ4n) is 1.20. The van der Waals surface area contributed by atoms with Crippen LogP contribution in [0.1, 0.15) is 26.7 Å². The van der Waals surface area contributed by atoms with Gasteiger partial charge in [0.15, 0.2) is 0 Å². The Hall–Kier alpha value is -0.980. The summed E-state index contributed by atoms with van der Waals surface area (Å²) in [6.45, 7) is 5.31. The number of rotatable bonds is 5. The zero-order valence-electron chi connectivity index (χ0n) is 8.49. The molecule has 0 amide bonds. The van der Waals surface area contributed by atoms with Gasteiger partial charge in [0, 0.05) is 0 Å². The lowest BCUT2D eigenvalue weighted by Crippen LogP contribution is -1.99. The van der Waals surface area contributed by atoms with Crippen LogP contribution in [0.25, 0.3) is 0 Å². The molecule has 0 atom stereocenters. The smallest absolute Gasteiger partial charge is 0.119 e. The van der Waals surface area contributed by atoms with Crippen molar-refractivity contribution >= 4 is 0 Å². The van der Waals surface area contributed by atoms with Crippen LogP contribution in [-0.4, -0.2) is 6.61 Å². The molecule has 0 fully saturated rings. The lowest BCUT2D eigenvalue weighted by Gasteiger charge is -2.06. The highest BCUT2D eigenvalue weighted by atomic mass is 16.5. The highest BCUT2D eigenvalue weighted by molar-refractivity contribution is 5.20. The molecule has 1 heteroatoms. The highest BCUT2D eigenvalue weighted by Gasteiger charge is 1.94. The Morgan fingerprint density at radius 3 is 2.46 bits per heavy atom. The molecule has 0 saturated heterocycles. The third-order valence-corrected chi connectivity index (χ3v) is 1.94. The molecule has 0 aliphatic heterocycles. The zero-order valence-corrected chi connectivity index (χ0v) is 8.49. The van der Waals surface area contributed by atoms with E-state index in [9.17, 15) is 0 Å². The Kier molecular flexibility index (Phi) is 4.37. The maximum absolute atomic E-state index is 5.56. The van der Waals surface area contributed by atoms with Crippen LogP contribution >= 0.6 is 0 Å². The molecule has 0 unspecified atom stereocenters. The molecular weight excluding hydrogens is 160 g/mol. The quantitative estimate of drug-likeness (QED) is 0.627. The topological polar surface area (TPSA) is 9.23 Å². The van der Waals surface area contributed by atoms with E-state index < -0.39 is 0 Å². The van der Waals surface area contributed by atoms with Gasteiger partial charge >= 0.3 is 0 Å². The summed E-state index contributed by atoms with van der Waals surface area (Å²) in [6.07, 6.45) is 2.39. The van der Waals surface area contributed by atoms with Crippen molar-refractivity contribution in [1.82, 2.24) is 0 Å². The Morgan fingerprint density at radius 2 is 1.85 bits per heavy atom. The minimum atomic E-state index is 0.777. The Labute approximate surface area is 80.7 Å². The van der Waals surface area contributed by atoms with Crippen molar-refractivity contribution in [2.45, 2.75) is 26.7 Å². The van der Waals surface area contributed by atoms with Gasteiger partial charge in [0.05, 0.1) is 6.61 Å². The van der Waals surface area contributed by atoms with Gasteiger partial charge < -0.3 is 4.74 Å². The second kappa shape index (κ2) is 5.63. The fourth-order valence-corrected chi connectivity index (χ4v) is 1.20. The molecule has 0 saturated carbocycles. The van der Waals surface area contributed by atoms with E-state index in [1.807, 2.05) is 30.3 Å². The van der Waals surface area contributed by atoms with Gasteiger partial charge in [0.2, 0.25) is 0 Å². The van der Waals surface area contributed by atoms with E-state index >= 15 is 0 Å². The van der Waals surface area contributed by atoms with E-state index in [2.05, 4.69) is 13.8 Å². The summed E-state index contributed by atoms with van der Waals surface area (Å²) in [5, 5.41) is 0. The first kappa shape index (κ1) is 10.1. The predicted octanol–water partition coefficient (Wildman–Crippen LogP) is 3.50. The number of para-hydroxylation sites is 1. The second-order valence-electron chi connectivity index (χ2n) is 3.70. The van der Waals surface area contributed by atoms with Crippen LogP contribution in [0.15, 0.2) is 30.3 Å². The molecule has 0 aromatic heterocycles. The molecule has 13 heavy (non-hydrogen) atoms. The molecule has 0 N–H and O–H groups in total. The van der Waals surface area contributed by atoms with Crippen molar-refractivity contribution in [3.63, 3.8) is 0 Å². The lowest BCUT2D eigenvalue weighted by atomic mass is 10.1. The van der Waals surface area contributed by atoms with Crippen molar-refractivity contribution in [2.75, 3.05) is 6.61 Å². The normalized spacial score (nSPS) is 10.4. The predicted molar refractivity (Wildman–Crippen MR) is 56.0 cm³/mol. The molecule has 0 radical (unpaired) electrons. The van der Waals surface area contributed by atoms with E-state index in [1.165, 1.54) is 6.42 Å². The van der Waals surface area contributed by atoms with Crippen LogP contribution in [0.5, 0.6) is 5.75 Å². The first-order valence-corrected chi connectivity index (χ1v) is 4.97. The lowest BCUT2D eigenvalue weighted by molar-refractivity contribution is 0.298. The summed E-state index contributed by atoms with van der Waals surface area (Å²) in [4.78, 5) is 0. The van der Waals surface area contributed by atoms with Crippen LogP contribution in [0.3, 0.4) is 0 Å². The van der Waals surface area contributed by atoms with Crippen LogP contribution in [0.4, 0.5) is 0 Å². The third-order valence-electron chi connectivity index (χ3n) is 1.94. The molecule has 1 aromatic carbocycles. The summed E-state index contributed by atoms with van der Waals surface area (Å²) < 4.78 is 5.56. The van der Waals surface area contributed by atoms with Crippen LogP contribution in [0, 0.1) is 5.92 Å². The number of ether oxygens (including phenoxy) is 1. The van der Waals surface area contributed by atoms with Gasteiger partial charge in [-0.05, 0) is 30.9 Å². The van der Waals surface area contributed by atoms with Gasteiger partial charge in [-0.3, -0.25) is 0 Å². The average molecular weight is 178 g/mol. The summed E-state index contributed by atoms with van der Waals surface area (Å²) in [5.74, 6) is 1.76. The zero-order chi connectivity index (χ0) is 9.52.